The smallest absolute Gasteiger partial charge is 0.226 e. The van der Waals surface area contributed by atoms with Crippen LogP contribution in [0.1, 0.15) is 12.1 Å². The quantitative estimate of drug-likeness (QED) is 0.855. The van der Waals surface area contributed by atoms with E-state index in [1.165, 1.54) is 0 Å². The molecule has 1 saturated heterocycles. The van der Waals surface area contributed by atoms with Gasteiger partial charge in [-0.05, 0) is 19.1 Å². The van der Waals surface area contributed by atoms with Crippen molar-refractivity contribution >= 4 is 17.4 Å². The fourth-order valence-corrected chi connectivity index (χ4v) is 3.30. The number of nitrogens with zero attached hydrogens (tertiary/aromatic N) is 4. The fourth-order valence-electron chi connectivity index (χ4n) is 3.30. The van der Waals surface area contributed by atoms with E-state index in [1.54, 1.807) is 11.8 Å². The third-order valence-electron chi connectivity index (χ3n) is 4.72. The molecule has 1 amide bonds. The molecule has 3 rings (SSSR count). The third kappa shape index (κ3) is 4.35. The molecule has 26 heavy (non-hydrogen) atoms. The Morgan fingerprint density at radius 1 is 1.23 bits per heavy atom. The molecular weight excluding hydrogens is 330 g/mol. The fraction of sp³-hybridized carbons (Fsp3) is 0.474. The second-order valence-corrected chi connectivity index (χ2v) is 6.59. The van der Waals surface area contributed by atoms with Gasteiger partial charge in [0.25, 0.3) is 0 Å². The van der Waals surface area contributed by atoms with Crippen molar-refractivity contribution in [2.45, 2.75) is 13.3 Å². The van der Waals surface area contributed by atoms with Crippen LogP contribution < -0.4 is 15.0 Å². The van der Waals surface area contributed by atoms with Gasteiger partial charge in [0.2, 0.25) is 5.91 Å². The number of amides is 1. The zero-order chi connectivity index (χ0) is 18.5. The number of anilines is 2. The minimum Gasteiger partial charge on any atom is -0.495 e. The van der Waals surface area contributed by atoms with Crippen molar-refractivity contribution in [3.8, 4) is 5.75 Å². The molecule has 2 heterocycles. The second-order valence-electron chi connectivity index (χ2n) is 6.59. The lowest BCUT2D eigenvalue weighted by Gasteiger charge is -2.36. The number of benzene rings is 1. The molecule has 1 N–H and O–H groups in total. The van der Waals surface area contributed by atoms with Gasteiger partial charge in [0, 0.05) is 52.3 Å². The van der Waals surface area contributed by atoms with Gasteiger partial charge in [0.1, 0.15) is 11.6 Å². The first-order valence-electron chi connectivity index (χ1n) is 8.97. The molecule has 0 bridgehead atoms. The van der Waals surface area contributed by atoms with E-state index in [2.05, 4.69) is 26.3 Å². The number of methoxy groups -OCH3 is 1. The number of para-hydroxylation sites is 2. The summed E-state index contributed by atoms with van der Waals surface area (Å²) in [5, 5.41) is 7.17. The molecule has 0 aliphatic carbocycles. The normalized spacial score (nSPS) is 15.1. The van der Waals surface area contributed by atoms with Crippen LogP contribution in [0, 0.1) is 6.92 Å². The Hall–Kier alpha value is -2.54. The summed E-state index contributed by atoms with van der Waals surface area (Å²) >= 11 is 0. The SMILES string of the molecule is COc1ccccc1N1CCN(CCC(=O)Nc2cc(C)nn2C)CC1. The van der Waals surface area contributed by atoms with Gasteiger partial charge >= 0.3 is 0 Å². The molecule has 7 heteroatoms. The van der Waals surface area contributed by atoms with Crippen LogP contribution in [0.25, 0.3) is 0 Å². The average molecular weight is 357 g/mol. The van der Waals surface area contributed by atoms with Crippen LogP contribution in [-0.4, -0.2) is 60.4 Å². The topological polar surface area (TPSA) is 62.6 Å². The van der Waals surface area contributed by atoms with E-state index in [0.29, 0.717) is 6.42 Å². The van der Waals surface area contributed by atoms with Crippen molar-refractivity contribution < 1.29 is 9.53 Å². The van der Waals surface area contributed by atoms with Gasteiger partial charge < -0.3 is 15.0 Å². The number of aryl methyl sites for hydroxylation is 2. The van der Waals surface area contributed by atoms with E-state index in [4.69, 9.17) is 4.74 Å². The molecule has 1 fully saturated rings. The van der Waals surface area contributed by atoms with Crippen LogP contribution in [0.5, 0.6) is 5.75 Å². The highest BCUT2D eigenvalue weighted by molar-refractivity contribution is 5.90. The van der Waals surface area contributed by atoms with E-state index < -0.39 is 0 Å². The molecule has 0 radical (unpaired) electrons. The van der Waals surface area contributed by atoms with Crippen molar-refractivity contribution in [1.82, 2.24) is 14.7 Å². The summed E-state index contributed by atoms with van der Waals surface area (Å²) in [5.74, 6) is 1.68. The lowest BCUT2D eigenvalue weighted by atomic mass is 10.2. The van der Waals surface area contributed by atoms with E-state index in [9.17, 15) is 4.79 Å². The maximum atomic E-state index is 12.2. The van der Waals surface area contributed by atoms with Crippen molar-refractivity contribution in [3.05, 3.63) is 36.0 Å². The molecule has 0 saturated carbocycles. The maximum absolute atomic E-state index is 12.2. The highest BCUT2D eigenvalue weighted by atomic mass is 16.5. The van der Waals surface area contributed by atoms with Crippen molar-refractivity contribution in [2.75, 3.05) is 50.1 Å². The first-order valence-corrected chi connectivity index (χ1v) is 8.97. The third-order valence-corrected chi connectivity index (χ3v) is 4.72. The highest BCUT2D eigenvalue weighted by Gasteiger charge is 2.20. The molecular formula is C19H27N5O2. The summed E-state index contributed by atoms with van der Waals surface area (Å²) in [7, 11) is 3.54. The number of aromatic nitrogens is 2. The van der Waals surface area contributed by atoms with Crippen LogP contribution in [0.2, 0.25) is 0 Å². The number of nitrogens with one attached hydrogen (secondary N) is 1. The van der Waals surface area contributed by atoms with Crippen LogP contribution in [0.3, 0.4) is 0 Å². The molecule has 1 aromatic carbocycles. The van der Waals surface area contributed by atoms with E-state index in [1.807, 2.05) is 38.2 Å². The summed E-state index contributed by atoms with van der Waals surface area (Å²) < 4.78 is 7.15. The molecule has 140 valence electrons. The number of ether oxygens (including phenoxy) is 1. The predicted octanol–water partition coefficient (Wildman–Crippen LogP) is 1.89. The first kappa shape index (κ1) is 18.3. The second kappa shape index (κ2) is 8.23. The Kier molecular flexibility index (Phi) is 5.78. The lowest BCUT2D eigenvalue weighted by Crippen LogP contribution is -2.47. The standard InChI is InChI=1S/C19H27N5O2/c1-15-14-18(22(2)21-15)20-19(25)8-9-23-10-12-24(13-11-23)16-6-4-5-7-17(16)26-3/h4-7,14H,8-13H2,1-3H3,(H,20,25). The average Bonchev–Trinajstić information content (AvgIpc) is 2.97. The van der Waals surface area contributed by atoms with E-state index >= 15 is 0 Å². The maximum Gasteiger partial charge on any atom is 0.226 e. The number of carbonyl (C=O) groups is 1. The molecule has 1 aliphatic heterocycles. The Labute approximate surface area is 154 Å². The Morgan fingerprint density at radius 3 is 2.62 bits per heavy atom. The molecule has 2 aromatic rings. The van der Waals surface area contributed by atoms with Gasteiger partial charge in [-0.25, -0.2) is 0 Å². The Bertz CT molecular complexity index is 750. The summed E-state index contributed by atoms with van der Waals surface area (Å²) in [4.78, 5) is 16.9. The molecule has 0 unspecified atom stereocenters. The summed E-state index contributed by atoms with van der Waals surface area (Å²) in [6, 6.07) is 9.99. The minimum absolute atomic E-state index is 0.0279. The van der Waals surface area contributed by atoms with E-state index in [-0.39, 0.29) is 5.91 Å². The zero-order valence-corrected chi connectivity index (χ0v) is 15.7. The number of piperazine rings is 1. The summed E-state index contributed by atoms with van der Waals surface area (Å²) in [6.45, 7) is 6.43. The van der Waals surface area contributed by atoms with Gasteiger partial charge in [0.05, 0.1) is 18.5 Å². The zero-order valence-electron chi connectivity index (χ0n) is 15.7. The van der Waals surface area contributed by atoms with Gasteiger partial charge in [0.15, 0.2) is 0 Å². The largest absolute Gasteiger partial charge is 0.495 e. The number of hydrogen-bond donors (Lipinski definition) is 1. The van der Waals surface area contributed by atoms with Gasteiger partial charge in [-0.2, -0.15) is 5.10 Å². The van der Waals surface area contributed by atoms with Crippen molar-refractivity contribution in [2.24, 2.45) is 7.05 Å². The van der Waals surface area contributed by atoms with Gasteiger partial charge in [-0.1, -0.05) is 12.1 Å². The highest BCUT2D eigenvalue weighted by Crippen LogP contribution is 2.28. The van der Waals surface area contributed by atoms with Gasteiger partial charge in [-0.15, -0.1) is 0 Å². The van der Waals surface area contributed by atoms with Gasteiger partial charge in [-0.3, -0.25) is 14.4 Å². The Balaban J connectivity index is 1.45. The minimum atomic E-state index is 0.0279. The number of hydrogen-bond acceptors (Lipinski definition) is 5. The molecule has 0 spiro atoms. The first-order chi connectivity index (χ1) is 12.6. The molecule has 0 atom stereocenters. The van der Waals surface area contributed by atoms with Crippen molar-refractivity contribution in [1.29, 1.82) is 0 Å². The number of rotatable bonds is 6. The number of carbonyl (C=O) groups excluding carboxylic acids is 1. The van der Waals surface area contributed by atoms with Crippen LogP contribution in [0.15, 0.2) is 30.3 Å². The summed E-state index contributed by atoms with van der Waals surface area (Å²) in [6.07, 6.45) is 0.485. The predicted molar refractivity (Wildman–Crippen MR) is 103 cm³/mol. The lowest BCUT2D eigenvalue weighted by molar-refractivity contribution is -0.116. The molecule has 7 nitrogen and oxygen atoms in total. The Morgan fingerprint density at radius 2 is 1.96 bits per heavy atom. The van der Waals surface area contributed by atoms with Crippen LogP contribution in [0.4, 0.5) is 11.5 Å². The molecule has 1 aliphatic rings. The van der Waals surface area contributed by atoms with Crippen LogP contribution >= 0.6 is 0 Å². The van der Waals surface area contributed by atoms with E-state index in [0.717, 1.165) is 55.7 Å². The monoisotopic (exact) mass is 357 g/mol. The molecule has 1 aromatic heterocycles. The van der Waals surface area contributed by atoms with Crippen LogP contribution in [-0.2, 0) is 11.8 Å². The van der Waals surface area contributed by atoms with Crippen molar-refractivity contribution in [3.63, 3.8) is 0 Å². The summed E-state index contributed by atoms with van der Waals surface area (Å²) in [5.41, 5.74) is 2.04.